The molecule has 2 nitrogen and oxygen atoms in total. The molecule has 0 saturated carbocycles. The predicted octanol–water partition coefficient (Wildman–Crippen LogP) is 4.10. The van der Waals surface area contributed by atoms with Gasteiger partial charge in [0.1, 0.15) is 11.6 Å². The average Bonchev–Trinajstić information content (AvgIpc) is 2.44. The Morgan fingerprint density at radius 2 is 1.95 bits per heavy atom. The van der Waals surface area contributed by atoms with Gasteiger partial charge >= 0.3 is 0 Å². The van der Waals surface area contributed by atoms with Gasteiger partial charge in [0.05, 0.1) is 13.2 Å². The lowest BCUT2D eigenvalue weighted by Crippen LogP contribution is -2.19. The van der Waals surface area contributed by atoms with E-state index in [2.05, 4.69) is 5.32 Å². The first-order valence-electron chi connectivity index (χ1n) is 6.34. The Bertz CT molecular complexity index is 615. The summed E-state index contributed by atoms with van der Waals surface area (Å²) >= 11 is 6.17. The van der Waals surface area contributed by atoms with Crippen molar-refractivity contribution >= 4 is 11.6 Å². The van der Waals surface area contributed by atoms with Gasteiger partial charge in [-0.2, -0.15) is 0 Å². The number of hydrogen-bond acceptors (Lipinski definition) is 2. The fourth-order valence-corrected chi connectivity index (χ4v) is 2.53. The molecule has 20 heavy (non-hydrogen) atoms. The Morgan fingerprint density at radius 1 is 1.20 bits per heavy atom. The number of nitrogens with one attached hydrogen (secondary N) is 1. The molecule has 0 heterocycles. The lowest BCUT2D eigenvalue weighted by atomic mass is 9.94. The van der Waals surface area contributed by atoms with Gasteiger partial charge in [-0.25, -0.2) is 4.39 Å². The van der Waals surface area contributed by atoms with E-state index in [0.29, 0.717) is 10.8 Å². The second-order valence-electron chi connectivity index (χ2n) is 4.56. The van der Waals surface area contributed by atoms with Crippen LogP contribution in [0.4, 0.5) is 4.39 Å². The molecule has 0 bridgehead atoms. The second-order valence-corrected chi connectivity index (χ2v) is 4.97. The standard InChI is InChI=1S/C16H17ClFNO/c1-10-12(5-4-6-14(10)17)16(19-2)13-9-11(18)7-8-15(13)20-3/h4-9,16,19H,1-3H3. The third-order valence-corrected chi connectivity index (χ3v) is 3.82. The molecule has 2 aromatic rings. The van der Waals surface area contributed by atoms with E-state index >= 15 is 0 Å². The van der Waals surface area contributed by atoms with Crippen LogP contribution in [-0.2, 0) is 0 Å². The van der Waals surface area contributed by atoms with Crippen molar-refractivity contribution < 1.29 is 9.13 Å². The third kappa shape index (κ3) is 2.79. The normalized spacial score (nSPS) is 12.2. The van der Waals surface area contributed by atoms with Crippen LogP contribution in [0.25, 0.3) is 0 Å². The van der Waals surface area contributed by atoms with Crippen molar-refractivity contribution in [3.63, 3.8) is 0 Å². The van der Waals surface area contributed by atoms with Crippen molar-refractivity contribution in [1.82, 2.24) is 5.32 Å². The van der Waals surface area contributed by atoms with E-state index in [0.717, 1.165) is 16.7 Å². The zero-order valence-corrected chi connectivity index (χ0v) is 12.5. The molecule has 0 radical (unpaired) electrons. The largest absolute Gasteiger partial charge is 0.496 e. The molecular weight excluding hydrogens is 277 g/mol. The molecule has 1 atom stereocenters. The summed E-state index contributed by atoms with van der Waals surface area (Å²) in [4.78, 5) is 0. The summed E-state index contributed by atoms with van der Waals surface area (Å²) in [5.74, 6) is 0.353. The summed E-state index contributed by atoms with van der Waals surface area (Å²) in [6, 6.07) is 10.0. The number of rotatable bonds is 4. The molecule has 0 spiro atoms. The molecule has 0 aromatic heterocycles. The second kappa shape index (κ2) is 6.25. The van der Waals surface area contributed by atoms with Crippen LogP contribution in [0.2, 0.25) is 5.02 Å². The van der Waals surface area contributed by atoms with Gasteiger partial charge in [-0.15, -0.1) is 0 Å². The van der Waals surface area contributed by atoms with E-state index < -0.39 is 0 Å². The van der Waals surface area contributed by atoms with E-state index in [4.69, 9.17) is 16.3 Å². The molecule has 0 aliphatic heterocycles. The average molecular weight is 294 g/mol. The Labute approximate surface area is 123 Å². The van der Waals surface area contributed by atoms with E-state index in [1.54, 1.807) is 13.2 Å². The molecule has 1 N–H and O–H groups in total. The summed E-state index contributed by atoms with van der Waals surface area (Å²) in [5, 5.41) is 3.89. The maximum atomic E-state index is 13.6. The minimum absolute atomic E-state index is 0.181. The van der Waals surface area contributed by atoms with Crippen LogP contribution >= 0.6 is 11.6 Å². The monoisotopic (exact) mass is 293 g/mol. The topological polar surface area (TPSA) is 21.3 Å². The Hall–Kier alpha value is -1.58. The highest BCUT2D eigenvalue weighted by molar-refractivity contribution is 6.31. The van der Waals surface area contributed by atoms with Crippen molar-refractivity contribution in [2.24, 2.45) is 0 Å². The Kier molecular flexibility index (Phi) is 4.63. The highest BCUT2D eigenvalue weighted by atomic mass is 35.5. The molecule has 0 aliphatic rings. The molecule has 106 valence electrons. The van der Waals surface area contributed by atoms with Gasteiger partial charge < -0.3 is 10.1 Å². The van der Waals surface area contributed by atoms with Crippen molar-refractivity contribution in [1.29, 1.82) is 0 Å². The molecule has 2 aromatic carbocycles. The van der Waals surface area contributed by atoms with Gasteiger partial charge in [0.15, 0.2) is 0 Å². The van der Waals surface area contributed by atoms with Crippen LogP contribution in [0.3, 0.4) is 0 Å². The lowest BCUT2D eigenvalue weighted by Gasteiger charge is -2.22. The number of hydrogen-bond donors (Lipinski definition) is 1. The Morgan fingerprint density at radius 3 is 2.60 bits per heavy atom. The van der Waals surface area contributed by atoms with Crippen molar-refractivity contribution in [3.8, 4) is 5.75 Å². The molecule has 0 amide bonds. The number of benzene rings is 2. The minimum Gasteiger partial charge on any atom is -0.496 e. The maximum Gasteiger partial charge on any atom is 0.124 e. The molecular formula is C16H17ClFNO. The van der Waals surface area contributed by atoms with Gasteiger partial charge in [-0.3, -0.25) is 0 Å². The summed E-state index contributed by atoms with van der Waals surface area (Å²) < 4.78 is 18.9. The van der Waals surface area contributed by atoms with E-state index in [1.807, 2.05) is 32.2 Å². The highest BCUT2D eigenvalue weighted by Crippen LogP contribution is 2.33. The molecule has 4 heteroatoms. The summed E-state index contributed by atoms with van der Waals surface area (Å²) in [5.41, 5.74) is 2.73. The SMILES string of the molecule is CNC(c1cc(F)ccc1OC)c1cccc(Cl)c1C. The van der Waals surface area contributed by atoms with Gasteiger partial charge in [0.2, 0.25) is 0 Å². The van der Waals surface area contributed by atoms with Gasteiger partial charge in [0.25, 0.3) is 0 Å². The molecule has 0 saturated heterocycles. The van der Waals surface area contributed by atoms with Crippen LogP contribution in [0.1, 0.15) is 22.7 Å². The quantitative estimate of drug-likeness (QED) is 0.916. The minimum atomic E-state index is -0.291. The maximum absolute atomic E-state index is 13.6. The highest BCUT2D eigenvalue weighted by Gasteiger charge is 2.19. The van der Waals surface area contributed by atoms with Crippen LogP contribution in [0.5, 0.6) is 5.75 Å². The van der Waals surface area contributed by atoms with Crippen molar-refractivity contribution in [3.05, 3.63) is 63.9 Å². The summed E-state index contributed by atoms with van der Waals surface area (Å²) in [6.07, 6.45) is 0. The molecule has 0 aliphatic carbocycles. The first-order valence-corrected chi connectivity index (χ1v) is 6.72. The summed E-state index contributed by atoms with van der Waals surface area (Å²) in [6.45, 7) is 1.95. The van der Waals surface area contributed by atoms with Gasteiger partial charge in [-0.05, 0) is 49.4 Å². The van der Waals surface area contributed by atoms with Crippen molar-refractivity contribution in [2.45, 2.75) is 13.0 Å². The van der Waals surface area contributed by atoms with Crippen LogP contribution in [0, 0.1) is 12.7 Å². The summed E-state index contributed by atoms with van der Waals surface area (Å²) in [7, 11) is 3.41. The smallest absolute Gasteiger partial charge is 0.124 e. The molecule has 2 rings (SSSR count). The molecule has 0 fully saturated rings. The van der Waals surface area contributed by atoms with Gasteiger partial charge in [-0.1, -0.05) is 23.7 Å². The van der Waals surface area contributed by atoms with Crippen LogP contribution < -0.4 is 10.1 Å². The lowest BCUT2D eigenvalue weighted by molar-refractivity contribution is 0.404. The third-order valence-electron chi connectivity index (χ3n) is 3.41. The number of halogens is 2. The van der Waals surface area contributed by atoms with E-state index in [1.165, 1.54) is 12.1 Å². The van der Waals surface area contributed by atoms with E-state index in [9.17, 15) is 4.39 Å². The first kappa shape index (κ1) is 14.8. The van der Waals surface area contributed by atoms with Crippen LogP contribution in [-0.4, -0.2) is 14.2 Å². The number of ether oxygens (including phenoxy) is 1. The van der Waals surface area contributed by atoms with Crippen LogP contribution in [0.15, 0.2) is 36.4 Å². The Balaban J connectivity index is 2.58. The first-order chi connectivity index (χ1) is 9.58. The fraction of sp³-hybridized carbons (Fsp3) is 0.250. The zero-order chi connectivity index (χ0) is 14.7. The predicted molar refractivity (Wildman–Crippen MR) is 80.0 cm³/mol. The number of methoxy groups -OCH3 is 1. The van der Waals surface area contributed by atoms with E-state index in [-0.39, 0.29) is 11.9 Å². The molecule has 1 unspecified atom stereocenters. The van der Waals surface area contributed by atoms with Crippen molar-refractivity contribution in [2.75, 3.05) is 14.2 Å². The van der Waals surface area contributed by atoms with Gasteiger partial charge in [0, 0.05) is 10.6 Å². The zero-order valence-electron chi connectivity index (χ0n) is 11.7. The fourth-order valence-electron chi connectivity index (χ4n) is 2.35.